The van der Waals surface area contributed by atoms with Crippen LogP contribution in [0.2, 0.25) is 0 Å². The Labute approximate surface area is 208 Å². The van der Waals surface area contributed by atoms with Crippen LogP contribution in [0.3, 0.4) is 0 Å². The molecule has 1 amide bonds. The van der Waals surface area contributed by atoms with Crippen LogP contribution in [0, 0.1) is 5.92 Å². The van der Waals surface area contributed by atoms with E-state index in [0.29, 0.717) is 24.4 Å². The number of aliphatic imine (C=N–C) groups is 1. The van der Waals surface area contributed by atoms with Crippen LogP contribution in [-0.2, 0) is 9.84 Å². The fraction of sp³-hybridized carbons (Fsp3) is 0.320. The highest BCUT2D eigenvalue weighted by molar-refractivity contribution is 7.92. The van der Waals surface area contributed by atoms with Gasteiger partial charge < -0.3 is 15.9 Å². The van der Waals surface area contributed by atoms with E-state index in [4.69, 9.17) is 10.6 Å². The highest BCUT2D eigenvalue weighted by Gasteiger charge is 2.52. The van der Waals surface area contributed by atoms with Crippen molar-refractivity contribution in [3.63, 3.8) is 0 Å². The minimum Gasteiger partial charge on any atom is -0.409 e. The van der Waals surface area contributed by atoms with Gasteiger partial charge in [0, 0.05) is 5.92 Å². The summed E-state index contributed by atoms with van der Waals surface area (Å²) in [5.41, 5.74) is 0.579. The molecule has 0 saturated carbocycles. The van der Waals surface area contributed by atoms with Gasteiger partial charge >= 0.3 is 11.3 Å². The summed E-state index contributed by atoms with van der Waals surface area (Å²) in [7, 11) is -4.89. The number of allylic oxidation sites excluding steroid dienone is 2. The number of para-hydroxylation sites is 1. The molecule has 8 nitrogen and oxygen atoms in total. The number of piperidine rings is 1. The standard InChI is InChI=1S/C25H28F2N4O4S/c1-18(10-11-21(17-30-28)31-24(32)35-22-7-3-2-4-8-22)19-6-5-9-23(16-19)36(33,34)25(26,27)20-12-14-29-15-13-20/h2-11,16-18,20,29H,12-15,28H2,1H3/b11-10-,30-17?,31-21?. The Bertz CT molecular complexity index is 1240. The molecule has 11 heteroatoms. The summed E-state index contributed by atoms with van der Waals surface area (Å²) in [4.78, 5) is 15.5. The number of benzene rings is 2. The lowest BCUT2D eigenvalue weighted by Gasteiger charge is -2.30. The van der Waals surface area contributed by atoms with E-state index in [-0.39, 0.29) is 18.6 Å². The Morgan fingerprint density at radius 2 is 1.86 bits per heavy atom. The van der Waals surface area contributed by atoms with Crippen LogP contribution >= 0.6 is 0 Å². The van der Waals surface area contributed by atoms with Crippen molar-refractivity contribution in [2.24, 2.45) is 21.9 Å². The Hall–Kier alpha value is -3.44. The first kappa shape index (κ1) is 27.2. The van der Waals surface area contributed by atoms with Gasteiger partial charge in [-0.05, 0) is 67.8 Å². The number of hydrogen-bond donors (Lipinski definition) is 2. The molecule has 2 aromatic carbocycles. The molecule has 1 fully saturated rings. The highest BCUT2D eigenvalue weighted by atomic mass is 32.2. The minimum atomic E-state index is -4.89. The first-order chi connectivity index (χ1) is 17.1. The van der Waals surface area contributed by atoms with Gasteiger partial charge in [0.1, 0.15) is 5.75 Å². The summed E-state index contributed by atoms with van der Waals surface area (Å²) in [5, 5.41) is 2.48. The highest BCUT2D eigenvalue weighted by Crippen LogP contribution is 2.40. The first-order valence-electron chi connectivity index (χ1n) is 11.3. The summed E-state index contributed by atoms with van der Waals surface area (Å²) >= 11 is 0. The summed E-state index contributed by atoms with van der Waals surface area (Å²) in [6.07, 6.45) is 3.51. The van der Waals surface area contributed by atoms with Crippen molar-refractivity contribution in [2.45, 2.75) is 35.8 Å². The number of rotatable bonds is 8. The van der Waals surface area contributed by atoms with Crippen molar-refractivity contribution in [1.82, 2.24) is 5.32 Å². The van der Waals surface area contributed by atoms with E-state index in [2.05, 4.69) is 15.4 Å². The molecule has 1 aliphatic rings. The minimum absolute atomic E-state index is 0.0859. The molecular weight excluding hydrogens is 490 g/mol. The molecule has 0 aliphatic carbocycles. The normalized spacial score (nSPS) is 16.9. The topological polar surface area (TPSA) is 123 Å². The van der Waals surface area contributed by atoms with Crippen LogP contribution < -0.4 is 15.9 Å². The lowest BCUT2D eigenvalue weighted by molar-refractivity contribution is 0.0121. The van der Waals surface area contributed by atoms with Crippen molar-refractivity contribution < 1.29 is 26.7 Å². The summed E-state index contributed by atoms with van der Waals surface area (Å²) < 4.78 is 60.8. The number of ether oxygens (including phenoxy) is 1. The van der Waals surface area contributed by atoms with Crippen molar-refractivity contribution in [3.8, 4) is 5.75 Å². The maximum absolute atomic E-state index is 15.0. The predicted molar refractivity (Wildman–Crippen MR) is 134 cm³/mol. The third-order valence-electron chi connectivity index (χ3n) is 5.80. The largest absolute Gasteiger partial charge is 0.439 e. The number of carbonyl (C=O) groups excluding carboxylic acids is 1. The summed E-state index contributed by atoms with van der Waals surface area (Å²) in [6.45, 7) is 2.45. The molecule has 1 heterocycles. The lowest BCUT2D eigenvalue weighted by Crippen LogP contribution is -2.43. The Balaban J connectivity index is 1.78. The SMILES string of the molecule is CC(/C=C\C(C=NN)=NC(=O)Oc1ccccc1)c1cccc(S(=O)(=O)C(F)(F)C2CCNCC2)c1. The molecule has 36 heavy (non-hydrogen) atoms. The number of nitrogens with one attached hydrogen (secondary N) is 1. The molecule has 3 rings (SSSR count). The zero-order valence-electron chi connectivity index (χ0n) is 19.7. The van der Waals surface area contributed by atoms with Gasteiger partial charge in [0.2, 0.25) is 9.84 Å². The molecule has 192 valence electrons. The van der Waals surface area contributed by atoms with Gasteiger partial charge in [-0.25, -0.2) is 13.2 Å². The number of nitrogens with zero attached hydrogens (tertiary/aromatic N) is 2. The second-order valence-corrected chi connectivity index (χ2v) is 10.3. The molecule has 1 saturated heterocycles. The Morgan fingerprint density at radius 3 is 2.53 bits per heavy atom. The van der Waals surface area contributed by atoms with Crippen LogP contribution in [0.4, 0.5) is 13.6 Å². The molecule has 1 aliphatic heterocycles. The van der Waals surface area contributed by atoms with E-state index in [0.717, 1.165) is 6.21 Å². The Kier molecular flexibility index (Phi) is 9.05. The van der Waals surface area contributed by atoms with E-state index in [1.54, 1.807) is 49.4 Å². The number of sulfone groups is 1. The molecule has 0 spiro atoms. The molecule has 0 aromatic heterocycles. The van der Waals surface area contributed by atoms with E-state index < -0.39 is 37.9 Å². The number of hydrogen-bond acceptors (Lipinski definition) is 7. The first-order valence-corrected chi connectivity index (χ1v) is 12.8. The smallest absolute Gasteiger partial charge is 0.409 e. The van der Waals surface area contributed by atoms with E-state index in [1.807, 2.05) is 0 Å². The van der Waals surface area contributed by atoms with Gasteiger partial charge in [-0.3, -0.25) is 0 Å². The van der Waals surface area contributed by atoms with Gasteiger partial charge in [0.25, 0.3) is 0 Å². The van der Waals surface area contributed by atoms with E-state index in [9.17, 15) is 13.2 Å². The molecule has 0 bridgehead atoms. The molecule has 1 unspecified atom stereocenters. The molecular formula is C25H28F2N4O4S. The van der Waals surface area contributed by atoms with Crippen molar-refractivity contribution in [3.05, 3.63) is 72.3 Å². The number of alkyl halides is 2. The van der Waals surface area contributed by atoms with Gasteiger partial charge in [-0.15, -0.1) is 0 Å². The van der Waals surface area contributed by atoms with E-state index >= 15 is 8.78 Å². The van der Waals surface area contributed by atoms with Crippen LogP contribution in [0.1, 0.15) is 31.2 Å². The average molecular weight is 519 g/mol. The number of hydrazone groups is 1. The Morgan fingerprint density at radius 1 is 1.17 bits per heavy atom. The maximum Gasteiger partial charge on any atom is 0.439 e. The summed E-state index contributed by atoms with van der Waals surface area (Å²) in [6, 6.07) is 13.8. The van der Waals surface area contributed by atoms with Gasteiger partial charge in [0.15, 0.2) is 0 Å². The van der Waals surface area contributed by atoms with E-state index in [1.165, 1.54) is 24.3 Å². The zero-order valence-corrected chi connectivity index (χ0v) is 20.5. The molecule has 2 aromatic rings. The molecule has 1 atom stereocenters. The van der Waals surface area contributed by atoms with Crippen LogP contribution in [0.15, 0.2) is 81.7 Å². The third-order valence-corrected chi connectivity index (χ3v) is 7.72. The number of amides is 1. The predicted octanol–water partition coefficient (Wildman–Crippen LogP) is 4.30. The monoisotopic (exact) mass is 518 g/mol. The number of halogens is 2. The second kappa shape index (κ2) is 12.0. The number of nitrogens with two attached hydrogens (primary N) is 1. The van der Waals surface area contributed by atoms with Crippen LogP contribution in [0.25, 0.3) is 0 Å². The van der Waals surface area contributed by atoms with Crippen LogP contribution in [0.5, 0.6) is 5.75 Å². The van der Waals surface area contributed by atoms with Crippen molar-refractivity contribution >= 4 is 27.9 Å². The zero-order chi connectivity index (χ0) is 26.2. The van der Waals surface area contributed by atoms with Gasteiger partial charge in [-0.2, -0.15) is 18.9 Å². The van der Waals surface area contributed by atoms with Crippen molar-refractivity contribution in [2.75, 3.05) is 13.1 Å². The third kappa shape index (κ3) is 6.61. The van der Waals surface area contributed by atoms with Gasteiger partial charge in [-0.1, -0.05) is 43.3 Å². The lowest BCUT2D eigenvalue weighted by atomic mass is 9.99. The fourth-order valence-electron chi connectivity index (χ4n) is 3.76. The second-order valence-electron chi connectivity index (χ2n) is 8.31. The van der Waals surface area contributed by atoms with Gasteiger partial charge in [0.05, 0.1) is 16.8 Å². The van der Waals surface area contributed by atoms with Crippen LogP contribution in [-0.4, -0.2) is 44.8 Å². The number of carbonyl (C=O) groups is 1. The summed E-state index contributed by atoms with van der Waals surface area (Å²) in [5.74, 6) is 3.87. The maximum atomic E-state index is 15.0. The quantitative estimate of drug-likeness (QED) is 0.305. The van der Waals surface area contributed by atoms with Crippen molar-refractivity contribution in [1.29, 1.82) is 0 Å². The average Bonchev–Trinajstić information content (AvgIpc) is 2.88. The fourth-order valence-corrected chi connectivity index (χ4v) is 5.29. The molecule has 0 radical (unpaired) electrons. The molecule has 3 N–H and O–H groups in total.